The van der Waals surface area contributed by atoms with Crippen LogP contribution in [-0.4, -0.2) is 46.4 Å². The Bertz CT molecular complexity index is 1210. The molecule has 0 saturated carbocycles. The number of anilines is 1. The molecule has 0 unspecified atom stereocenters. The molecule has 0 bridgehead atoms. The first-order valence-corrected chi connectivity index (χ1v) is 10.5. The van der Waals surface area contributed by atoms with Crippen molar-refractivity contribution in [3.63, 3.8) is 0 Å². The van der Waals surface area contributed by atoms with Crippen molar-refractivity contribution in [2.45, 2.75) is 6.54 Å². The summed E-state index contributed by atoms with van der Waals surface area (Å²) in [6.45, 7) is 4.64. The maximum Gasteiger partial charge on any atom is 0.123 e. The van der Waals surface area contributed by atoms with Crippen LogP contribution in [0.5, 0.6) is 0 Å². The highest BCUT2D eigenvalue weighted by molar-refractivity contribution is 5.92. The summed E-state index contributed by atoms with van der Waals surface area (Å²) in [7, 11) is 0. The number of aromatic amines is 1. The third-order valence-electron chi connectivity index (χ3n) is 5.63. The van der Waals surface area contributed by atoms with Crippen LogP contribution in [-0.2, 0) is 11.3 Å². The Balaban J connectivity index is 1.30. The zero-order valence-corrected chi connectivity index (χ0v) is 17.3. The highest BCUT2D eigenvalue weighted by atomic mass is 16.5. The van der Waals surface area contributed by atoms with Crippen LogP contribution < -0.4 is 5.73 Å². The van der Waals surface area contributed by atoms with Gasteiger partial charge in [0.15, 0.2) is 0 Å². The molecule has 1 aliphatic rings. The van der Waals surface area contributed by atoms with Crippen LogP contribution >= 0.6 is 0 Å². The lowest BCUT2D eigenvalue weighted by molar-refractivity contribution is 0.0342. The summed E-state index contributed by atoms with van der Waals surface area (Å²) in [5.74, 6) is 0.516. The molecular formula is C25H25N5O. The number of nitrogens with zero attached hydrogens (tertiary/aromatic N) is 3. The lowest BCUT2D eigenvalue weighted by Crippen LogP contribution is -2.35. The second kappa shape index (κ2) is 8.71. The molecule has 31 heavy (non-hydrogen) atoms. The van der Waals surface area contributed by atoms with E-state index in [1.807, 2.05) is 12.1 Å². The molecule has 3 heterocycles. The van der Waals surface area contributed by atoms with Crippen molar-refractivity contribution in [1.82, 2.24) is 20.1 Å². The van der Waals surface area contributed by atoms with E-state index in [1.165, 1.54) is 5.56 Å². The molecule has 1 aliphatic heterocycles. The van der Waals surface area contributed by atoms with Crippen LogP contribution in [0, 0.1) is 0 Å². The lowest BCUT2D eigenvalue weighted by atomic mass is 10.0. The van der Waals surface area contributed by atoms with Crippen molar-refractivity contribution in [1.29, 1.82) is 0 Å². The van der Waals surface area contributed by atoms with Gasteiger partial charge in [-0.3, -0.25) is 10.00 Å². The van der Waals surface area contributed by atoms with Gasteiger partial charge in [-0.25, -0.2) is 4.98 Å². The fourth-order valence-corrected chi connectivity index (χ4v) is 3.90. The number of nitrogens with one attached hydrogen (secondary N) is 1. The number of benzene rings is 2. The van der Waals surface area contributed by atoms with Crippen LogP contribution in [0.3, 0.4) is 0 Å². The molecule has 0 amide bonds. The van der Waals surface area contributed by atoms with E-state index in [-0.39, 0.29) is 0 Å². The van der Waals surface area contributed by atoms with Gasteiger partial charge in [0.25, 0.3) is 0 Å². The zero-order valence-electron chi connectivity index (χ0n) is 17.3. The van der Waals surface area contributed by atoms with Crippen LogP contribution in [0.15, 0.2) is 60.8 Å². The normalized spacial score (nSPS) is 15.1. The Hall–Kier alpha value is -3.48. The average molecular weight is 412 g/mol. The Labute approximate surface area is 181 Å². The average Bonchev–Trinajstić information content (AvgIpc) is 3.22. The first kappa shape index (κ1) is 19.5. The summed E-state index contributed by atoms with van der Waals surface area (Å²) < 4.78 is 5.42. The fraction of sp³-hybridized carbons (Fsp3) is 0.200. The van der Waals surface area contributed by atoms with E-state index < -0.39 is 0 Å². The van der Waals surface area contributed by atoms with Gasteiger partial charge in [0.2, 0.25) is 0 Å². The van der Waals surface area contributed by atoms with E-state index in [0.29, 0.717) is 5.82 Å². The lowest BCUT2D eigenvalue weighted by Gasteiger charge is -2.26. The molecule has 0 atom stereocenters. The number of nitrogens with two attached hydrogens (primary N) is 1. The van der Waals surface area contributed by atoms with Gasteiger partial charge in [-0.2, -0.15) is 5.10 Å². The van der Waals surface area contributed by atoms with Gasteiger partial charge in [-0.15, -0.1) is 0 Å². The summed E-state index contributed by atoms with van der Waals surface area (Å²) in [6, 6.07) is 18.8. The summed E-state index contributed by atoms with van der Waals surface area (Å²) in [5.41, 5.74) is 12.3. The topological polar surface area (TPSA) is 80.1 Å². The van der Waals surface area contributed by atoms with Crippen LogP contribution in [0.4, 0.5) is 5.82 Å². The molecule has 156 valence electrons. The number of aromatic nitrogens is 3. The van der Waals surface area contributed by atoms with E-state index in [9.17, 15) is 0 Å². The largest absolute Gasteiger partial charge is 0.384 e. The number of hydrogen-bond acceptors (Lipinski definition) is 5. The minimum atomic E-state index is 0.516. The third kappa shape index (κ3) is 4.50. The van der Waals surface area contributed by atoms with E-state index in [0.717, 1.165) is 66.1 Å². The monoisotopic (exact) mass is 411 g/mol. The van der Waals surface area contributed by atoms with Crippen molar-refractivity contribution < 1.29 is 4.74 Å². The number of H-pyrrole nitrogens is 1. The molecular weight excluding hydrogens is 386 g/mol. The summed E-state index contributed by atoms with van der Waals surface area (Å²) in [6.07, 6.45) is 5.88. The first-order valence-electron chi connectivity index (χ1n) is 10.5. The van der Waals surface area contributed by atoms with Gasteiger partial charge < -0.3 is 10.5 Å². The van der Waals surface area contributed by atoms with E-state index >= 15 is 0 Å². The predicted molar refractivity (Wildman–Crippen MR) is 125 cm³/mol. The molecule has 6 heteroatoms. The van der Waals surface area contributed by atoms with Gasteiger partial charge in [0.1, 0.15) is 5.82 Å². The summed E-state index contributed by atoms with van der Waals surface area (Å²) >= 11 is 0. The maximum absolute atomic E-state index is 5.82. The molecule has 3 N–H and O–H groups in total. The molecule has 2 aromatic heterocycles. The second-order valence-corrected chi connectivity index (χ2v) is 7.80. The van der Waals surface area contributed by atoms with Crippen molar-refractivity contribution >= 4 is 28.9 Å². The molecule has 6 nitrogen and oxygen atoms in total. The fourth-order valence-electron chi connectivity index (χ4n) is 3.90. The molecule has 1 saturated heterocycles. The molecule has 0 aliphatic carbocycles. The SMILES string of the molecule is Nc1cc(-c2ccc3c(/C=C/c4ccc(CN5CCOCC5)cc4)n[nH]c3c2)ccn1. The molecule has 2 aromatic carbocycles. The van der Waals surface area contributed by atoms with E-state index in [1.54, 1.807) is 6.20 Å². The summed E-state index contributed by atoms with van der Waals surface area (Å²) in [5, 5.41) is 8.72. The quantitative estimate of drug-likeness (QED) is 0.514. The maximum atomic E-state index is 5.82. The van der Waals surface area contributed by atoms with E-state index in [2.05, 4.69) is 74.7 Å². The summed E-state index contributed by atoms with van der Waals surface area (Å²) in [4.78, 5) is 6.49. The molecule has 5 rings (SSSR count). The van der Waals surface area contributed by atoms with Gasteiger partial charge in [-0.1, -0.05) is 36.4 Å². The minimum absolute atomic E-state index is 0.516. The smallest absolute Gasteiger partial charge is 0.123 e. The predicted octanol–water partition coefficient (Wildman–Crippen LogP) is 4.21. The van der Waals surface area contributed by atoms with E-state index in [4.69, 9.17) is 10.5 Å². The Morgan fingerprint density at radius 2 is 1.77 bits per heavy atom. The van der Waals surface area contributed by atoms with Crippen molar-refractivity contribution in [2.75, 3.05) is 32.0 Å². The number of fused-ring (bicyclic) bond motifs is 1. The van der Waals surface area contributed by atoms with Crippen molar-refractivity contribution in [3.8, 4) is 11.1 Å². The Morgan fingerprint density at radius 3 is 2.58 bits per heavy atom. The third-order valence-corrected chi connectivity index (χ3v) is 5.63. The Morgan fingerprint density at radius 1 is 0.968 bits per heavy atom. The molecule has 0 spiro atoms. The molecule has 4 aromatic rings. The number of nitrogen functional groups attached to an aromatic ring is 1. The minimum Gasteiger partial charge on any atom is -0.384 e. The first-order chi connectivity index (χ1) is 15.2. The van der Waals surface area contributed by atoms with Gasteiger partial charge >= 0.3 is 0 Å². The van der Waals surface area contributed by atoms with Gasteiger partial charge in [0.05, 0.1) is 24.4 Å². The number of rotatable bonds is 5. The molecule has 0 radical (unpaired) electrons. The standard InChI is InChI=1S/C25H25N5O/c26-25-16-21(9-10-27-25)20-6-7-22-23(28-29-24(22)15-20)8-5-18-1-3-19(4-2-18)17-30-11-13-31-14-12-30/h1-10,15-16H,11-14,17H2,(H2,26,27)(H,28,29)/b8-5+. The van der Waals surface area contributed by atoms with Gasteiger partial charge in [-0.05, 0) is 52.6 Å². The number of hydrogen-bond donors (Lipinski definition) is 2. The number of ether oxygens (including phenoxy) is 1. The second-order valence-electron chi connectivity index (χ2n) is 7.80. The van der Waals surface area contributed by atoms with Crippen LogP contribution in [0.25, 0.3) is 34.2 Å². The van der Waals surface area contributed by atoms with Crippen molar-refractivity contribution in [2.24, 2.45) is 0 Å². The van der Waals surface area contributed by atoms with Gasteiger partial charge in [0, 0.05) is 31.2 Å². The van der Waals surface area contributed by atoms with Crippen molar-refractivity contribution in [3.05, 3.63) is 77.6 Å². The molecule has 1 fully saturated rings. The number of morpholine rings is 1. The highest BCUT2D eigenvalue weighted by Crippen LogP contribution is 2.26. The zero-order chi connectivity index (χ0) is 21.0. The van der Waals surface area contributed by atoms with Crippen LogP contribution in [0.1, 0.15) is 16.8 Å². The Kier molecular flexibility index (Phi) is 5.48. The highest BCUT2D eigenvalue weighted by Gasteiger charge is 2.10. The number of pyridine rings is 1. The van der Waals surface area contributed by atoms with Crippen LogP contribution in [0.2, 0.25) is 0 Å².